The summed E-state index contributed by atoms with van der Waals surface area (Å²) in [5, 5.41) is 0.499. The fraction of sp³-hybridized carbons (Fsp3) is 0.333. The van der Waals surface area contributed by atoms with Gasteiger partial charge in [-0.25, -0.2) is 0 Å². The summed E-state index contributed by atoms with van der Waals surface area (Å²) in [6, 6.07) is 5.25. The first-order valence-corrected chi connectivity index (χ1v) is 6.44. The number of aromatic nitrogens is 2. The van der Waals surface area contributed by atoms with Crippen LogP contribution >= 0.6 is 11.5 Å². The molecule has 0 saturated heterocycles. The number of hydrogen-bond donors (Lipinski definition) is 1. The summed E-state index contributed by atoms with van der Waals surface area (Å²) >= 11 is 1.23. The number of anilines is 1. The van der Waals surface area contributed by atoms with Gasteiger partial charge in [0.15, 0.2) is 5.75 Å². The number of methoxy groups -OCH3 is 1. The second-order valence-electron chi connectivity index (χ2n) is 3.73. The molecule has 0 unspecified atom stereocenters. The first kappa shape index (κ1) is 12.6. The van der Waals surface area contributed by atoms with Gasteiger partial charge in [0, 0.05) is 24.0 Å². The Hall–Kier alpha value is -1.82. The molecule has 0 aliphatic heterocycles. The lowest BCUT2D eigenvalue weighted by molar-refractivity contribution is 0.409. The van der Waals surface area contributed by atoms with Crippen molar-refractivity contribution in [1.82, 2.24) is 9.36 Å². The van der Waals surface area contributed by atoms with Crippen LogP contribution < -0.4 is 15.2 Å². The lowest BCUT2D eigenvalue weighted by atomic mass is 10.3. The number of aryl methyl sites for hydroxylation is 1. The van der Waals surface area contributed by atoms with Gasteiger partial charge in [0.2, 0.25) is 0 Å². The normalized spacial score (nSPS) is 10.3. The van der Waals surface area contributed by atoms with Gasteiger partial charge in [-0.2, -0.15) is 9.36 Å². The van der Waals surface area contributed by atoms with Crippen LogP contribution in [0.5, 0.6) is 16.7 Å². The predicted octanol–water partition coefficient (Wildman–Crippen LogP) is 2.87. The number of benzene rings is 1. The number of ether oxygens (including phenoxy) is 2. The molecule has 0 aliphatic carbocycles. The smallest absolute Gasteiger partial charge is 0.298 e. The van der Waals surface area contributed by atoms with Crippen LogP contribution in [0.4, 0.5) is 5.69 Å². The molecule has 5 nitrogen and oxygen atoms in total. The number of hydrogen-bond acceptors (Lipinski definition) is 6. The Morgan fingerprint density at radius 3 is 2.94 bits per heavy atom. The van der Waals surface area contributed by atoms with Crippen LogP contribution in [0.1, 0.15) is 19.2 Å². The molecule has 2 aromatic rings. The van der Waals surface area contributed by atoms with E-state index in [0.29, 0.717) is 22.4 Å². The summed E-state index contributed by atoms with van der Waals surface area (Å²) in [6.07, 6.45) is 1.87. The SMILES string of the molecule is CCCc1nsc(Oc2cc(OC)ccc2N)n1. The fourth-order valence-corrected chi connectivity index (χ4v) is 2.02. The van der Waals surface area contributed by atoms with Gasteiger partial charge >= 0.3 is 0 Å². The summed E-state index contributed by atoms with van der Waals surface area (Å²) in [5.41, 5.74) is 6.38. The zero-order valence-electron chi connectivity index (χ0n) is 10.3. The van der Waals surface area contributed by atoms with Gasteiger partial charge in [0.25, 0.3) is 5.19 Å². The molecule has 0 amide bonds. The van der Waals surface area contributed by atoms with Crippen LogP contribution in [0, 0.1) is 0 Å². The molecule has 0 saturated carbocycles. The highest BCUT2D eigenvalue weighted by Crippen LogP contribution is 2.31. The molecule has 0 radical (unpaired) electrons. The third-order valence-electron chi connectivity index (χ3n) is 2.34. The minimum Gasteiger partial charge on any atom is -0.497 e. The maximum Gasteiger partial charge on any atom is 0.298 e. The first-order chi connectivity index (χ1) is 8.72. The third kappa shape index (κ3) is 2.89. The van der Waals surface area contributed by atoms with E-state index in [2.05, 4.69) is 16.3 Å². The molecule has 1 aromatic carbocycles. The molecule has 0 atom stereocenters. The molecule has 0 fully saturated rings. The van der Waals surface area contributed by atoms with Gasteiger partial charge in [0.05, 0.1) is 12.8 Å². The van der Waals surface area contributed by atoms with Crippen molar-refractivity contribution in [3.05, 3.63) is 24.0 Å². The van der Waals surface area contributed by atoms with Crippen molar-refractivity contribution in [3.63, 3.8) is 0 Å². The monoisotopic (exact) mass is 265 g/mol. The number of nitrogens with zero attached hydrogens (tertiary/aromatic N) is 2. The third-order valence-corrected chi connectivity index (χ3v) is 2.97. The van der Waals surface area contributed by atoms with Crippen LogP contribution in [0.25, 0.3) is 0 Å². The van der Waals surface area contributed by atoms with E-state index in [-0.39, 0.29) is 0 Å². The quantitative estimate of drug-likeness (QED) is 0.842. The zero-order chi connectivity index (χ0) is 13.0. The summed E-state index contributed by atoms with van der Waals surface area (Å²) in [6.45, 7) is 2.08. The summed E-state index contributed by atoms with van der Waals surface area (Å²) in [5.74, 6) is 2.03. The Bertz CT molecular complexity index is 528. The van der Waals surface area contributed by atoms with E-state index in [9.17, 15) is 0 Å². The van der Waals surface area contributed by atoms with Crippen molar-refractivity contribution in [3.8, 4) is 16.7 Å². The van der Waals surface area contributed by atoms with E-state index in [0.717, 1.165) is 18.7 Å². The molecule has 0 spiro atoms. The average molecular weight is 265 g/mol. The van der Waals surface area contributed by atoms with Crippen molar-refractivity contribution in [2.45, 2.75) is 19.8 Å². The van der Waals surface area contributed by atoms with Gasteiger partial charge in [0.1, 0.15) is 11.6 Å². The maximum atomic E-state index is 5.83. The molecule has 0 bridgehead atoms. The Morgan fingerprint density at radius 2 is 2.22 bits per heavy atom. The second-order valence-corrected chi connectivity index (χ2v) is 4.45. The highest BCUT2D eigenvalue weighted by molar-refractivity contribution is 7.07. The first-order valence-electron chi connectivity index (χ1n) is 5.67. The minimum atomic E-state index is 0.499. The van der Waals surface area contributed by atoms with Crippen molar-refractivity contribution >= 4 is 17.2 Å². The van der Waals surface area contributed by atoms with Crippen molar-refractivity contribution in [2.24, 2.45) is 0 Å². The number of rotatable bonds is 5. The maximum absolute atomic E-state index is 5.83. The molecule has 1 aromatic heterocycles. The van der Waals surface area contributed by atoms with Gasteiger partial charge < -0.3 is 15.2 Å². The predicted molar refractivity (Wildman–Crippen MR) is 71.4 cm³/mol. The summed E-state index contributed by atoms with van der Waals surface area (Å²) in [7, 11) is 1.60. The number of nitrogens with two attached hydrogens (primary N) is 1. The van der Waals surface area contributed by atoms with Gasteiger partial charge in [-0.3, -0.25) is 0 Å². The van der Waals surface area contributed by atoms with E-state index in [4.69, 9.17) is 15.2 Å². The number of nitrogen functional groups attached to an aromatic ring is 1. The Balaban J connectivity index is 2.16. The van der Waals surface area contributed by atoms with E-state index < -0.39 is 0 Å². The Kier molecular flexibility index (Phi) is 3.99. The van der Waals surface area contributed by atoms with Crippen LogP contribution in [-0.2, 0) is 6.42 Å². The van der Waals surface area contributed by atoms with Crippen LogP contribution in [0.3, 0.4) is 0 Å². The Labute approximate surface area is 110 Å². The fourth-order valence-electron chi connectivity index (χ4n) is 1.43. The molecule has 2 N–H and O–H groups in total. The van der Waals surface area contributed by atoms with Gasteiger partial charge in [-0.1, -0.05) is 6.92 Å². The Morgan fingerprint density at radius 1 is 1.39 bits per heavy atom. The van der Waals surface area contributed by atoms with Crippen LogP contribution in [0.15, 0.2) is 18.2 Å². The molecule has 6 heteroatoms. The highest BCUT2D eigenvalue weighted by atomic mass is 32.1. The van der Waals surface area contributed by atoms with E-state index in [1.165, 1.54) is 11.5 Å². The van der Waals surface area contributed by atoms with Crippen molar-refractivity contribution in [2.75, 3.05) is 12.8 Å². The van der Waals surface area contributed by atoms with E-state index in [1.807, 2.05) is 0 Å². The van der Waals surface area contributed by atoms with Gasteiger partial charge in [-0.15, -0.1) is 0 Å². The van der Waals surface area contributed by atoms with Crippen LogP contribution in [-0.4, -0.2) is 16.5 Å². The molecule has 18 heavy (non-hydrogen) atoms. The summed E-state index contributed by atoms with van der Waals surface area (Å²) in [4.78, 5) is 4.28. The van der Waals surface area contributed by atoms with Crippen molar-refractivity contribution in [1.29, 1.82) is 0 Å². The van der Waals surface area contributed by atoms with Crippen molar-refractivity contribution < 1.29 is 9.47 Å². The largest absolute Gasteiger partial charge is 0.497 e. The molecular weight excluding hydrogens is 250 g/mol. The topological polar surface area (TPSA) is 70.3 Å². The average Bonchev–Trinajstić information content (AvgIpc) is 2.80. The molecule has 96 valence electrons. The highest BCUT2D eigenvalue weighted by Gasteiger charge is 2.09. The standard InChI is InChI=1S/C12H15N3O2S/c1-3-4-11-14-12(18-15-11)17-10-7-8(16-2)5-6-9(10)13/h5-7H,3-4,13H2,1-2H3. The van der Waals surface area contributed by atoms with Gasteiger partial charge in [-0.05, 0) is 18.6 Å². The molecule has 0 aliphatic rings. The lowest BCUT2D eigenvalue weighted by Gasteiger charge is -2.07. The minimum absolute atomic E-state index is 0.499. The zero-order valence-corrected chi connectivity index (χ0v) is 11.2. The lowest BCUT2D eigenvalue weighted by Crippen LogP contribution is -1.93. The van der Waals surface area contributed by atoms with Crippen LogP contribution in [0.2, 0.25) is 0 Å². The summed E-state index contributed by atoms with van der Waals surface area (Å²) < 4.78 is 14.9. The van der Waals surface area contributed by atoms with E-state index in [1.54, 1.807) is 25.3 Å². The molecule has 1 heterocycles. The van der Waals surface area contributed by atoms with E-state index >= 15 is 0 Å². The molecule has 2 rings (SSSR count). The molecular formula is C12H15N3O2S. The second kappa shape index (κ2) is 5.68.